The van der Waals surface area contributed by atoms with Crippen molar-refractivity contribution >= 4 is 11.9 Å². The van der Waals surface area contributed by atoms with E-state index in [1.165, 1.54) is 7.11 Å². The van der Waals surface area contributed by atoms with Gasteiger partial charge in [-0.1, -0.05) is 13.8 Å². The van der Waals surface area contributed by atoms with E-state index >= 15 is 0 Å². The van der Waals surface area contributed by atoms with Crippen LogP contribution in [-0.2, 0) is 14.3 Å². The highest BCUT2D eigenvalue weighted by molar-refractivity contribution is 5.81. The Hall–Kier alpha value is -1.10. The average molecular weight is 230 g/mol. The zero-order valence-corrected chi connectivity index (χ0v) is 10.3. The number of nitrogens with one attached hydrogen (secondary N) is 1. The van der Waals surface area contributed by atoms with Crippen LogP contribution < -0.4 is 11.1 Å². The molecule has 5 nitrogen and oxygen atoms in total. The molecule has 0 rings (SSSR count). The summed E-state index contributed by atoms with van der Waals surface area (Å²) in [6, 6.07) is 0. The van der Waals surface area contributed by atoms with Crippen molar-refractivity contribution in [2.24, 2.45) is 17.6 Å². The Balaban J connectivity index is 3.87. The molecule has 0 heterocycles. The summed E-state index contributed by atoms with van der Waals surface area (Å²) in [7, 11) is 1.29. The number of rotatable bonds is 7. The number of nitrogens with two attached hydrogens (primary N) is 1. The molecule has 0 spiro atoms. The van der Waals surface area contributed by atoms with Crippen molar-refractivity contribution in [1.82, 2.24) is 5.32 Å². The van der Waals surface area contributed by atoms with Gasteiger partial charge in [-0.3, -0.25) is 9.59 Å². The van der Waals surface area contributed by atoms with Crippen molar-refractivity contribution in [3.8, 4) is 0 Å². The van der Waals surface area contributed by atoms with Gasteiger partial charge in [0.15, 0.2) is 0 Å². The van der Waals surface area contributed by atoms with Crippen LogP contribution in [0.3, 0.4) is 0 Å². The predicted molar refractivity (Wildman–Crippen MR) is 61.6 cm³/mol. The summed E-state index contributed by atoms with van der Waals surface area (Å²) in [4.78, 5) is 22.2. The standard InChI is InChI=1S/C11H22N2O3/c1-8(2)4-9(6-12)5-10(14)13-7-11(15)16-3/h8-9H,4-7,12H2,1-3H3,(H,13,14)/t9-/m0/s1. The summed E-state index contributed by atoms with van der Waals surface area (Å²) in [5.74, 6) is 0.0996. The number of amides is 1. The van der Waals surface area contributed by atoms with E-state index < -0.39 is 5.97 Å². The van der Waals surface area contributed by atoms with Gasteiger partial charge in [0.25, 0.3) is 0 Å². The van der Waals surface area contributed by atoms with Crippen LogP contribution in [0.4, 0.5) is 0 Å². The molecule has 0 aromatic rings. The molecule has 1 atom stereocenters. The molecular formula is C11H22N2O3. The predicted octanol–water partition coefficient (Wildman–Crippen LogP) is 0.287. The first-order chi connectivity index (χ1) is 7.49. The van der Waals surface area contributed by atoms with Crippen LogP contribution in [0.15, 0.2) is 0 Å². The third-order valence-electron chi connectivity index (χ3n) is 2.27. The molecule has 16 heavy (non-hydrogen) atoms. The third-order valence-corrected chi connectivity index (χ3v) is 2.27. The highest BCUT2D eigenvalue weighted by Gasteiger charge is 2.14. The summed E-state index contributed by atoms with van der Waals surface area (Å²) in [6.45, 7) is 4.60. The van der Waals surface area contributed by atoms with E-state index in [9.17, 15) is 9.59 Å². The smallest absolute Gasteiger partial charge is 0.325 e. The second kappa shape index (κ2) is 8.10. The van der Waals surface area contributed by atoms with E-state index in [2.05, 4.69) is 23.9 Å². The number of carbonyl (C=O) groups excluding carboxylic acids is 2. The van der Waals surface area contributed by atoms with E-state index in [0.29, 0.717) is 18.9 Å². The van der Waals surface area contributed by atoms with Gasteiger partial charge < -0.3 is 15.8 Å². The second-order valence-electron chi connectivity index (χ2n) is 4.29. The Kier molecular flexibility index (Phi) is 7.54. The third kappa shape index (κ3) is 7.23. The number of hydrogen-bond acceptors (Lipinski definition) is 4. The molecule has 94 valence electrons. The fraction of sp³-hybridized carbons (Fsp3) is 0.818. The molecule has 0 saturated carbocycles. The zero-order valence-electron chi connectivity index (χ0n) is 10.3. The summed E-state index contributed by atoms with van der Waals surface area (Å²) in [5.41, 5.74) is 5.58. The van der Waals surface area contributed by atoms with Gasteiger partial charge >= 0.3 is 5.97 Å². The van der Waals surface area contributed by atoms with Gasteiger partial charge in [0.05, 0.1) is 7.11 Å². The van der Waals surface area contributed by atoms with Gasteiger partial charge in [0, 0.05) is 6.42 Å². The maximum absolute atomic E-state index is 11.4. The van der Waals surface area contributed by atoms with E-state index in [1.807, 2.05) is 0 Å². The molecule has 0 aliphatic carbocycles. The van der Waals surface area contributed by atoms with E-state index in [4.69, 9.17) is 5.73 Å². The first-order valence-electron chi connectivity index (χ1n) is 5.53. The van der Waals surface area contributed by atoms with Crippen LogP contribution in [-0.4, -0.2) is 32.1 Å². The van der Waals surface area contributed by atoms with Crippen molar-refractivity contribution in [2.75, 3.05) is 20.2 Å². The van der Waals surface area contributed by atoms with E-state index in [-0.39, 0.29) is 18.4 Å². The molecule has 0 bridgehead atoms. The first-order valence-corrected chi connectivity index (χ1v) is 5.53. The lowest BCUT2D eigenvalue weighted by molar-refractivity contribution is -0.141. The van der Waals surface area contributed by atoms with Crippen LogP contribution in [0, 0.1) is 11.8 Å². The fourth-order valence-corrected chi connectivity index (χ4v) is 1.51. The molecule has 5 heteroatoms. The van der Waals surface area contributed by atoms with Gasteiger partial charge in [-0.05, 0) is 24.8 Å². The minimum absolute atomic E-state index is 0.0751. The lowest BCUT2D eigenvalue weighted by Crippen LogP contribution is -2.33. The van der Waals surface area contributed by atoms with Crippen LogP contribution in [0.1, 0.15) is 26.7 Å². The average Bonchev–Trinajstić information content (AvgIpc) is 2.24. The summed E-state index contributed by atoms with van der Waals surface area (Å²) >= 11 is 0. The Labute approximate surface area is 96.7 Å². The highest BCUT2D eigenvalue weighted by Crippen LogP contribution is 2.13. The number of methoxy groups -OCH3 is 1. The summed E-state index contributed by atoms with van der Waals surface area (Å²) in [5, 5.41) is 2.50. The summed E-state index contributed by atoms with van der Waals surface area (Å²) in [6.07, 6.45) is 1.29. The quantitative estimate of drug-likeness (QED) is 0.616. The topological polar surface area (TPSA) is 81.4 Å². The minimum atomic E-state index is -0.443. The van der Waals surface area contributed by atoms with Crippen molar-refractivity contribution in [1.29, 1.82) is 0 Å². The zero-order chi connectivity index (χ0) is 12.6. The van der Waals surface area contributed by atoms with Crippen molar-refractivity contribution < 1.29 is 14.3 Å². The lowest BCUT2D eigenvalue weighted by atomic mass is 9.94. The second-order valence-corrected chi connectivity index (χ2v) is 4.29. The monoisotopic (exact) mass is 230 g/mol. The van der Waals surface area contributed by atoms with E-state index in [1.54, 1.807) is 0 Å². The molecule has 0 radical (unpaired) electrons. The van der Waals surface area contributed by atoms with Crippen molar-refractivity contribution in [3.05, 3.63) is 0 Å². The fourth-order valence-electron chi connectivity index (χ4n) is 1.51. The normalized spacial score (nSPS) is 12.3. The van der Waals surface area contributed by atoms with Crippen LogP contribution in [0.2, 0.25) is 0 Å². The number of ether oxygens (including phenoxy) is 1. The van der Waals surface area contributed by atoms with Crippen LogP contribution in [0.5, 0.6) is 0 Å². The van der Waals surface area contributed by atoms with Gasteiger partial charge in [-0.2, -0.15) is 0 Å². The molecule has 3 N–H and O–H groups in total. The molecule has 0 aromatic heterocycles. The molecule has 0 saturated heterocycles. The van der Waals surface area contributed by atoms with Crippen LogP contribution >= 0.6 is 0 Å². The molecule has 0 aliphatic rings. The molecule has 0 unspecified atom stereocenters. The molecule has 0 aliphatic heterocycles. The van der Waals surface area contributed by atoms with Gasteiger partial charge in [0.2, 0.25) is 5.91 Å². The van der Waals surface area contributed by atoms with Gasteiger partial charge in [0.1, 0.15) is 6.54 Å². The number of carbonyl (C=O) groups is 2. The Morgan fingerprint density at radius 2 is 2.00 bits per heavy atom. The maximum atomic E-state index is 11.4. The van der Waals surface area contributed by atoms with Crippen LogP contribution in [0.25, 0.3) is 0 Å². The highest BCUT2D eigenvalue weighted by atomic mass is 16.5. The SMILES string of the molecule is COC(=O)CNC(=O)C[C@@H](CN)CC(C)C. The lowest BCUT2D eigenvalue weighted by Gasteiger charge is -2.16. The molecular weight excluding hydrogens is 208 g/mol. The summed E-state index contributed by atoms with van der Waals surface area (Å²) < 4.78 is 4.42. The molecule has 0 aromatic carbocycles. The van der Waals surface area contributed by atoms with Gasteiger partial charge in [-0.15, -0.1) is 0 Å². The minimum Gasteiger partial charge on any atom is -0.468 e. The number of hydrogen-bond donors (Lipinski definition) is 2. The number of esters is 1. The Morgan fingerprint density at radius 1 is 1.38 bits per heavy atom. The maximum Gasteiger partial charge on any atom is 0.325 e. The van der Waals surface area contributed by atoms with Crippen molar-refractivity contribution in [2.45, 2.75) is 26.7 Å². The molecule has 1 amide bonds. The van der Waals surface area contributed by atoms with Crippen molar-refractivity contribution in [3.63, 3.8) is 0 Å². The Morgan fingerprint density at radius 3 is 2.44 bits per heavy atom. The largest absolute Gasteiger partial charge is 0.468 e. The van der Waals surface area contributed by atoms with E-state index in [0.717, 1.165) is 6.42 Å². The van der Waals surface area contributed by atoms with Gasteiger partial charge in [-0.25, -0.2) is 0 Å². The Bertz CT molecular complexity index is 229. The first kappa shape index (κ1) is 14.9. The molecule has 0 fully saturated rings.